The van der Waals surface area contributed by atoms with Crippen LogP contribution in [0.3, 0.4) is 0 Å². The minimum Gasteiger partial charge on any atom is -0.326 e. The monoisotopic (exact) mass is 279 g/mol. The summed E-state index contributed by atoms with van der Waals surface area (Å²) < 4.78 is 1.77. The summed E-state index contributed by atoms with van der Waals surface area (Å²) in [6.07, 6.45) is 0. The first-order valence-corrected chi connectivity index (χ1v) is 6.93. The third-order valence-electron chi connectivity index (χ3n) is 3.61. The van der Waals surface area contributed by atoms with Gasteiger partial charge in [-0.05, 0) is 30.2 Å². The van der Waals surface area contributed by atoms with E-state index in [1.54, 1.807) is 11.5 Å². The fraction of sp³-hybridized carbons (Fsp3) is 0.176. The lowest BCUT2D eigenvalue weighted by Crippen LogP contribution is -2.24. The second-order valence-corrected chi connectivity index (χ2v) is 5.10. The largest absolute Gasteiger partial charge is 0.326 e. The molecule has 3 aromatic rings. The Balaban J connectivity index is 2.10. The Kier molecular flexibility index (Phi) is 3.54. The maximum absolute atomic E-state index is 12.4. The van der Waals surface area contributed by atoms with Crippen molar-refractivity contribution >= 4 is 11.0 Å². The van der Waals surface area contributed by atoms with E-state index in [-0.39, 0.29) is 5.56 Å². The average molecular weight is 279 g/mol. The van der Waals surface area contributed by atoms with Crippen LogP contribution in [0.15, 0.2) is 53.3 Å². The molecule has 1 aromatic heterocycles. The number of nitrogens with zero attached hydrogens (tertiary/aromatic N) is 2. The number of para-hydroxylation sites is 2. The quantitative estimate of drug-likeness (QED) is 0.799. The maximum atomic E-state index is 12.4. The lowest BCUT2D eigenvalue weighted by Gasteiger charge is -2.11. The molecule has 4 nitrogen and oxygen atoms in total. The Bertz CT molecular complexity index is 835. The molecule has 106 valence electrons. The van der Waals surface area contributed by atoms with E-state index in [9.17, 15) is 4.79 Å². The number of aromatic nitrogens is 2. The van der Waals surface area contributed by atoms with E-state index in [4.69, 9.17) is 5.73 Å². The number of fused-ring (bicyclic) bond motifs is 1. The van der Waals surface area contributed by atoms with E-state index < -0.39 is 0 Å². The Hall–Kier alpha value is -2.46. The molecule has 2 N–H and O–H groups in total. The van der Waals surface area contributed by atoms with Crippen molar-refractivity contribution in [3.8, 4) is 0 Å². The molecule has 0 spiro atoms. The van der Waals surface area contributed by atoms with Gasteiger partial charge in [0, 0.05) is 6.54 Å². The average Bonchev–Trinajstić information content (AvgIpc) is 2.52. The molecule has 0 radical (unpaired) electrons. The van der Waals surface area contributed by atoms with Crippen LogP contribution < -0.4 is 11.3 Å². The first kappa shape index (κ1) is 13.5. The third-order valence-corrected chi connectivity index (χ3v) is 3.61. The Morgan fingerprint density at radius 1 is 1.05 bits per heavy atom. The molecule has 0 bridgehead atoms. The summed E-state index contributed by atoms with van der Waals surface area (Å²) >= 11 is 0. The van der Waals surface area contributed by atoms with Crippen molar-refractivity contribution in [2.24, 2.45) is 5.73 Å². The van der Waals surface area contributed by atoms with E-state index in [0.717, 1.165) is 22.2 Å². The molecule has 0 saturated carbocycles. The normalized spacial score (nSPS) is 11.0. The number of aryl methyl sites for hydroxylation is 1. The summed E-state index contributed by atoms with van der Waals surface area (Å²) in [4.78, 5) is 16.7. The highest BCUT2D eigenvalue weighted by atomic mass is 16.1. The number of rotatable bonds is 3. The summed E-state index contributed by atoms with van der Waals surface area (Å²) in [5.41, 5.74) is 9.94. The van der Waals surface area contributed by atoms with E-state index in [0.29, 0.717) is 18.8 Å². The van der Waals surface area contributed by atoms with Gasteiger partial charge in [0.1, 0.15) is 5.69 Å². The van der Waals surface area contributed by atoms with Gasteiger partial charge in [0.15, 0.2) is 0 Å². The summed E-state index contributed by atoms with van der Waals surface area (Å²) in [5, 5.41) is 0. The predicted molar refractivity (Wildman–Crippen MR) is 84.2 cm³/mol. The molecular formula is C17H17N3O. The van der Waals surface area contributed by atoms with Gasteiger partial charge in [-0.1, -0.05) is 36.4 Å². The van der Waals surface area contributed by atoms with E-state index in [1.165, 1.54) is 0 Å². The van der Waals surface area contributed by atoms with Gasteiger partial charge in [-0.15, -0.1) is 0 Å². The van der Waals surface area contributed by atoms with Gasteiger partial charge in [-0.25, -0.2) is 4.98 Å². The molecule has 0 saturated heterocycles. The second kappa shape index (κ2) is 5.50. The van der Waals surface area contributed by atoms with Crippen molar-refractivity contribution < 1.29 is 0 Å². The van der Waals surface area contributed by atoms with Crippen LogP contribution in [-0.4, -0.2) is 9.55 Å². The van der Waals surface area contributed by atoms with E-state index in [2.05, 4.69) is 4.98 Å². The molecular weight excluding hydrogens is 262 g/mol. The molecule has 0 fully saturated rings. The van der Waals surface area contributed by atoms with Crippen LogP contribution in [0.1, 0.15) is 16.8 Å². The molecule has 3 rings (SSSR count). The molecule has 0 amide bonds. The third kappa shape index (κ3) is 2.58. The van der Waals surface area contributed by atoms with Crippen LogP contribution in [0.4, 0.5) is 0 Å². The van der Waals surface area contributed by atoms with Crippen LogP contribution in [0.2, 0.25) is 0 Å². The molecule has 4 heteroatoms. The van der Waals surface area contributed by atoms with Crippen LogP contribution in [0, 0.1) is 6.92 Å². The fourth-order valence-electron chi connectivity index (χ4n) is 2.44. The van der Waals surface area contributed by atoms with E-state index >= 15 is 0 Å². The SMILES string of the molecule is Cc1nc2ccccc2n(Cc2ccc(CN)cc2)c1=O. The highest BCUT2D eigenvalue weighted by Crippen LogP contribution is 2.12. The fourth-order valence-corrected chi connectivity index (χ4v) is 2.44. The molecule has 0 atom stereocenters. The molecule has 0 aliphatic carbocycles. The van der Waals surface area contributed by atoms with Crippen LogP contribution >= 0.6 is 0 Å². The van der Waals surface area contributed by atoms with Crippen LogP contribution in [0.5, 0.6) is 0 Å². The van der Waals surface area contributed by atoms with Gasteiger partial charge < -0.3 is 10.3 Å². The first-order valence-electron chi connectivity index (χ1n) is 6.93. The van der Waals surface area contributed by atoms with Gasteiger partial charge in [-0.2, -0.15) is 0 Å². The van der Waals surface area contributed by atoms with Crippen molar-refractivity contribution in [1.82, 2.24) is 9.55 Å². The number of nitrogens with two attached hydrogens (primary N) is 1. The zero-order valence-electron chi connectivity index (χ0n) is 11.9. The van der Waals surface area contributed by atoms with Crippen molar-refractivity contribution in [2.75, 3.05) is 0 Å². The van der Waals surface area contributed by atoms with Crippen LogP contribution in [-0.2, 0) is 13.1 Å². The standard InChI is InChI=1S/C17H17N3O/c1-12-17(21)20(16-5-3-2-4-15(16)19-12)11-14-8-6-13(10-18)7-9-14/h2-9H,10-11,18H2,1H3. The minimum atomic E-state index is -0.0448. The van der Waals surface area contributed by atoms with Crippen LogP contribution in [0.25, 0.3) is 11.0 Å². The Morgan fingerprint density at radius 2 is 1.71 bits per heavy atom. The van der Waals surface area contributed by atoms with Gasteiger partial charge in [0.2, 0.25) is 0 Å². The maximum Gasteiger partial charge on any atom is 0.272 e. The highest BCUT2D eigenvalue weighted by molar-refractivity contribution is 5.74. The van der Waals surface area contributed by atoms with Gasteiger partial charge in [0.05, 0.1) is 17.6 Å². The van der Waals surface area contributed by atoms with E-state index in [1.807, 2.05) is 48.5 Å². The number of hydrogen-bond donors (Lipinski definition) is 1. The molecule has 0 aliphatic heterocycles. The number of hydrogen-bond acceptors (Lipinski definition) is 3. The van der Waals surface area contributed by atoms with Gasteiger partial charge in [0.25, 0.3) is 5.56 Å². The van der Waals surface area contributed by atoms with Crippen molar-refractivity contribution in [2.45, 2.75) is 20.0 Å². The molecule has 0 unspecified atom stereocenters. The zero-order valence-corrected chi connectivity index (χ0v) is 11.9. The highest BCUT2D eigenvalue weighted by Gasteiger charge is 2.08. The summed E-state index contributed by atoms with van der Waals surface area (Å²) in [7, 11) is 0. The summed E-state index contributed by atoms with van der Waals surface area (Å²) in [5.74, 6) is 0. The van der Waals surface area contributed by atoms with Crippen molar-refractivity contribution in [1.29, 1.82) is 0 Å². The smallest absolute Gasteiger partial charge is 0.272 e. The molecule has 1 heterocycles. The Labute approximate surface area is 122 Å². The summed E-state index contributed by atoms with van der Waals surface area (Å²) in [6.45, 7) is 2.81. The van der Waals surface area contributed by atoms with Gasteiger partial charge in [-0.3, -0.25) is 4.79 Å². The van der Waals surface area contributed by atoms with Crippen molar-refractivity contribution in [3.05, 3.63) is 75.7 Å². The molecule has 2 aromatic carbocycles. The molecule has 21 heavy (non-hydrogen) atoms. The summed E-state index contributed by atoms with van der Waals surface area (Å²) in [6, 6.07) is 15.7. The van der Waals surface area contributed by atoms with Crippen molar-refractivity contribution in [3.63, 3.8) is 0 Å². The van der Waals surface area contributed by atoms with Gasteiger partial charge >= 0.3 is 0 Å². The second-order valence-electron chi connectivity index (χ2n) is 5.10. The topological polar surface area (TPSA) is 60.9 Å². The first-order chi connectivity index (χ1) is 10.2. The number of benzene rings is 2. The lowest BCUT2D eigenvalue weighted by atomic mass is 10.1. The molecule has 0 aliphatic rings. The Morgan fingerprint density at radius 3 is 2.43 bits per heavy atom. The zero-order chi connectivity index (χ0) is 14.8. The minimum absolute atomic E-state index is 0.0448. The lowest BCUT2D eigenvalue weighted by molar-refractivity contribution is 0.776. The predicted octanol–water partition coefficient (Wildman–Crippen LogP) is 2.21.